The smallest absolute Gasteiger partial charge is 0.159 e. The van der Waals surface area contributed by atoms with Crippen molar-refractivity contribution < 1.29 is 4.74 Å². The Hall–Kier alpha value is -1.04. The summed E-state index contributed by atoms with van der Waals surface area (Å²) in [4.78, 5) is 6.93. The molecule has 1 N–H and O–H groups in total. The van der Waals surface area contributed by atoms with Crippen molar-refractivity contribution in [3.8, 4) is 0 Å². The van der Waals surface area contributed by atoms with Crippen LogP contribution in [0.5, 0.6) is 0 Å². The Balaban J connectivity index is 1.83. The van der Waals surface area contributed by atoms with Gasteiger partial charge in [0.25, 0.3) is 0 Å². The van der Waals surface area contributed by atoms with Gasteiger partial charge >= 0.3 is 0 Å². The molecule has 0 aromatic heterocycles. The Bertz CT molecular complexity index is 508. The van der Waals surface area contributed by atoms with Crippen LogP contribution in [0.25, 0.3) is 0 Å². The van der Waals surface area contributed by atoms with Gasteiger partial charge in [0.1, 0.15) is 0 Å². The second-order valence-corrected chi connectivity index (χ2v) is 6.81. The molecule has 0 bridgehead atoms. The van der Waals surface area contributed by atoms with Crippen molar-refractivity contribution in [1.82, 2.24) is 10.2 Å². The molecule has 0 spiro atoms. The van der Waals surface area contributed by atoms with Gasteiger partial charge in [0.2, 0.25) is 0 Å². The summed E-state index contributed by atoms with van der Waals surface area (Å²) in [6.45, 7) is 10.0. The minimum Gasteiger partial charge on any atom is -0.385 e. The lowest BCUT2D eigenvalue weighted by molar-refractivity contribution is 0.170. The molecule has 5 heteroatoms. The number of benzene rings is 1. The van der Waals surface area contributed by atoms with Gasteiger partial charge in [0.15, 0.2) is 5.17 Å². The fraction of sp³-hybridized carbons (Fsp3) is 0.588. The van der Waals surface area contributed by atoms with Crippen LogP contribution in [0.15, 0.2) is 17.1 Å². The number of hydrogen-bond donors (Lipinski definition) is 1. The van der Waals surface area contributed by atoms with Crippen LogP contribution < -0.4 is 5.32 Å². The molecule has 1 heterocycles. The first-order valence-electron chi connectivity index (χ1n) is 7.79. The summed E-state index contributed by atoms with van der Waals surface area (Å²) in [5.41, 5.74) is 5.52. The fourth-order valence-electron chi connectivity index (χ4n) is 2.71. The molecule has 0 aliphatic carbocycles. The number of ether oxygens (including phenoxy) is 1. The number of rotatable bonds is 6. The molecule has 122 valence electrons. The van der Waals surface area contributed by atoms with Crippen molar-refractivity contribution in [3.05, 3.63) is 34.4 Å². The van der Waals surface area contributed by atoms with E-state index in [1.54, 1.807) is 18.9 Å². The Morgan fingerprint density at radius 2 is 2.00 bits per heavy atom. The van der Waals surface area contributed by atoms with Gasteiger partial charge in [-0.05, 0) is 43.9 Å². The number of methoxy groups -OCH3 is 1. The predicted molar refractivity (Wildman–Crippen MR) is 95.5 cm³/mol. The van der Waals surface area contributed by atoms with Crippen molar-refractivity contribution in [3.63, 3.8) is 0 Å². The van der Waals surface area contributed by atoms with E-state index in [2.05, 4.69) is 48.1 Å². The van der Waals surface area contributed by atoms with Crippen molar-refractivity contribution in [1.29, 1.82) is 0 Å². The van der Waals surface area contributed by atoms with Gasteiger partial charge in [-0.2, -0.15) is 0 Å². The number of nitrogens with one attached hydrogen (secondary N) is 1. The zero-order valence-electron chi connectivity index (χ0n) is 14.1. The SMILES string of the molecule is COCCCN1CN=C(SCc2c(C)cc(C)cc2C)NC1. The Morgan fingerprint density at radius 1 is 1.27 bits per heavy atom. The van der Waals surface area contributed by atoms with Crippen LogP contribution in [0.1, 0.15) is 28.7 Å². The Morgan fingerprint density at radius 3 is 2.59 bits per heavy atom. The molecule has 2 rings (SSSR count). The second kappa shape index (κ2) is 8.56. The summed E-state index contributed by atoms with van der Waals surface area (Å²) in [5, 5.41) is 4.47. The zero-order valence-corrected chi connectivity index (χ0v) is 14.9. The number of amidine groups is 1. The van der Waals surface area contributed by atoms with Crippen LogP contribution in [0.3, 0.4) is 0 Å². The first-order valence-corrected chi connectivity index (χ1v) is 8.78. The Labute approximate surface area is 138 Å². The van der Waals surface area contributed by atoms with Crippen molar-refractivity contribution >= 4 is 16.9 Å². The molecule has 0 fully saturated rings. The normalized spacial score (nSPS) is 15.5. The average molecular weight is 321 g/mol. The van der Waals surface area contributed by atoms with Crippen LogP contribution in [0, 0.1) is 20.8 Å². The van der Waals surface area contributed by atoms with E-state index in [1.165, 1.54) is 22.3 Å². The van der Waals surface area contributed by atoms with Gasteiger partial charge in [-0.3, -0.25) is 4.90 Å². The maximum atomic E-state index is 5.09. The van der Waals surface area contributed by atoms with Gasteiger partial charge in [0.05, 0.1) is 13.3 Å². The third-order valence-corrected chi connectivity index (χ3v) is 4.86. The second-order valence-electron chi connectivity index (χ2n) is 5.85. The van der Waals surface area contributed by atoms with Gasteiger partial charge in [-0.1, -0.05) is 29.5 Å². The van der Waals surface area contributed by atoms with Gasteiger partial charge in [0, 0.05) is 26.0 Å². The quantitative estimate of drug-likeness (QED) is 0.817. The standard InChI is InChI=1S/C17H27N3OS/c1-13-8-14(2)16(15(3)9-13)10-22-17-18-11-20(12-19-17)6-5-7-21-4/h8-9H,5-7,10-12H2,1-4H3,(H,18,19). The molecule has 0 unspecified atom stereocenters. The van der Waals surface area contributed by atoms with E-state index in [9.17, 15) is 0 Å². The fourth-order valence-corrected chi connectivity index (χ4v) is 3.76. The first-order chi connectivity index (χ1) is 10.6. The topological polar surface area (TPSA) is 36.9 Å². The molecule has 0 amide bonds. The summed E-state index contributed by atoms with van der Waals surface area (Å²) in [6, 6.07) is 4.52. The minimum absolute atomic E-state index is 0.783. The predicted octanol–water partition coefficient (Wildman–Crippen LogP) is 3.06. The summed E-state index contributed by atoms with van der Waals surface area (Å²) >= 11 is 1.80. The third kappa shape index (κ3) is 5.00. The number of aryl methyl sites for hydroxylation is 3. The van der Waals surface area contributed by atoms with Crippen molar-refractivity contribution in [2.45, 2.75) is 32.9 Å². The lowest BCUT2D eigenvalue weighted by atomic mass is 10.0. The van der Waals surface area contributed by atoms with Gasteiger partial charge < -0.3 is 10.1 Å². The molecule has 0 radical (unpaired) electrons. The van der Waals surface area contributed by atoms with Crippen LogP contribution in [-0.4, -0.2) is 43.7 Å². The number of nitrogens with zero attached hydrogens (tertiary/aromatic N) is 2. The largest absolute Gasteiger partial charge is 0.385 e. The summed E-state index contributed by atoms with van der Waals surface area (Å²) in [5.74, 6) is 0.980. The van der Waals surface area contributed by atoms with Crippen LogP contribution in [0.2, 0.25) is 0 Å². The van der Waals surface area contributed by atoms with E-state index in [4.69, 9.17) is 4.74 Å². The first kappa shape index (κ1) is 17.3. The highest BCUT2D eigenvalue weighted by molar-refractivity contribution is 8.13. The average Bonchev–Trinajstić information content (AvgIpc) is 2.48. The lowest BCUT2D eigenvalue weighted by Gasteiger charge is -2.26. The van der Waals surface area contributed by atoms with E-state index in [-0.39, 0.29) is 0 Å². The van der Waals surface area contributed by atoms with E-state index in [0.29, 0.717) is 0 Å². The minimum atomic E-state index is 0.783. The van der Waals surface area contributed by atoms with Crippen LogP contribution in [-0.2, 0) is 10.5 Å². The number of aliphatic imine (C=N–C) groups is 1. The van der Waals surface area contributed by atoms with E-state index in [0.717, 1.165) is 43.8 Å². The Kier molecular flexibility index (Phi) is 6.73. The molecule has 1 aromatic carbocycles. The lowest BCUT2D eigenvalue weighted by Crippen LogP contribution is -2.42. The molecule has 0 saturated carbocycles. The van der Waals surface area contributed by atoms with Crippen molar-refractivity contribution in [2.75, 3.05) is 33.6 Å². The van der Waals surface area contributed by atoms with E-state index in [1.807, 2.05) is 0 Å². The highest BCUT2D eigenvalue weighted by Gasteiger charge is 2.13. The van der Waals surface area contributed by atoms with E-state index < -0.39 is 0 Å². The zero-order chi connectivity index (χ0) is 15.9. The van der Waals surface area contributed by atoms with E-state index >= 15 is 0 Å². The molecular formula is C17H27N3OS. The molecule has 22 heavy (non-hydrogen) atoms. The number of hydrogen-bond acceptors (Lipinski definition) is 5. The maximum absolute atomic E-state index is 5.09. The summed E-state index contributed by atoms with van der Waals surface area (Å²) in [7, 11) is 1.75. The molecule has 1 aromatic rings. The third-order valence-electron chi connectivity index (χ3n) is 3.88. The van der Waals surface area contributed by atoms with Crippen LogP contribution >= 0.6 is 11.8 Å². The molecular weight excluding hydrogens is 294 g/mol. The van der Waals surface area contributed by atoms with Crippen LogP contribution in [0.4, 0.5) is 0 Å². The van der Waals surface area contributed by atoms with Gasteiger partial charge in [-0.15, -0.1) is 0 Å². The molecule has 0 saturated heterocycles. The number of thioether (sulfide) groups is 1. The monoisotopic (exact) mass is 321 g/mol. The molecule has 1 aliphatic heterocycles. The summed E-state index contributed by atoms with van der Waals surface area (Å²) in [6.07, 6.45) is 1.05. The highest BCUT2D eigenvalue weighted by atomic mass is 32.2. The summed E-state index contributed by atoms with van der Waals surface area (Å²) < 4.78 is 5.09. The molecule has 4 nitrogen and oxygen atoms in total. The highest BCUT2D eigenvalue weighted by Crippen LogP contribution is 2.22. The van der Waals surface area contributed by atoms with Gasteiger partial charge in [-0.25, -0.2) is 4.99 Å². The van der Waals surface area contributed by atoms with Crippen molar-refractivity contribution in [2.24, 2.45) is 4.99 Å². The molecule has 0 atom stereocenters. The molecule has 1 aliphatic rings. The maximum Gasteiger partial charge on any atom is 0.159 e.